The largest absolute Gasteiger partial charge is 0.462 e. The second-order valence-corrected chi connectivity index (χ2v) is 18.1. The minimum absolute atomic E-state index is 0.120. The third-order valence-electron chi connectivity index (χ3n) is 11.3. The van der Waals surface area contributed by atoms with Crippen LogP contribution in [0.5, 0.6) is 0 Å². The van der Waals surface area contributed by atoms with Gasteiger partial charge in [0.2, 0.25) is 0 Å². The summed E-state index contributed by atoms with van der Waals surface area (Å²) < 4.78 is 16.8. The van der Waals surface area contributed by atoms with Crippen molar-refractivity contribution in [1.29, 1.82) is 0 Å². The maximum absolute atomic E-state index is 12.8. The quantitative estimate of drug-likeness (QED) is 0.0262. The molecule has 71 heavy (non-hydrogen) atoms. The van der Waals surface area contributed by atoms with Gasteiger partial charge in [-0.15, -0.1) is 0 Å². The number of hydrogen-bond donors (Lipinski definition) is 0. The lowest BCUT2D eigenvalue weighted by Gasteiger charge is -2.18. The molecule has 0 aliphatic carbocycles. The van der Waals surface area contributed by atoms with Crippen molar-refractivity contribution in [3.05, 3.63) is 146 Å². The van der Waals surface area contributed by atoms with Gasteiger partial charge >= 0.3 is 17.9 Å². The van der Waals surface area contributed by atoms with Crippen LogP contribution in [0.4, 0.5) is 0 Å². The second-order valence-electron chi connectivity index (χ2n) is 18.1. The van der Waals surface area contributed by atoms with Gasteiger partial charge in [0.25, 0.3) is 0 Å². The second kappa shape index (κ2) is 57.9. The summed E-state index contributed by atoms with van der Waals surface area (Å²) in [5, 5.41) is 0. The number of allylic oxidation sites excluding steroid dienone is 24. The van der Waals surface area contributed by atoms with Crippen molar-refractivity contribution in [2.24, 2.45) is 0 Å². The molecule has 0 aliphatic heterocycles. The Kier molecular flexibility index (Phi) is 54.0. The summed E-state index contributed by atoms with van der Waals surface area (Å²) >= 11 is 0. The molecule has 0 rings (SSSR count). The molecule has 0 spiro atoms. The van der Waals surface area contributed by atoms with E-state index < -0.39 is 6.10 Å². The molecule has 0 fully saturated rings. The van der Waals surface area contributed by atoms with Crippen LogP contribution < -0.4 is 0 Å². The van der Waals surface area contributed by atoms with E-state index in [1.165, 1.54) is 51.4 Å². The Balaban J connectivity index is 4.53. The normalized spacial score (nSPS) is 13.2. The lowest BCUT2D eigenvalue weighted by Crippen LogP contribution is -2.30. The molecule has 0 aliphatic rings. The molecule has 0 aromatic carbocycles. The van der Waals surface area contributed by atoms with Crippen LogP contribution >= 0.6 is 0 Å². The Bertz CT molecular complexity index is 1590. The van der Waals surface area contributed by atoms with Crippen molar-refractivity contribution < 1.29 is 28.6 Å². The Hall–Kier alpha value is -4.71. The van der Waals surface area contributed by atoms with Crippen molar-refractivity contribution in [2.45, 2.75) is 232 Å². The van der Waals surface area contributed by atoms with Gasteiger partial charge in [0.05, 0.1) is 0 Å². The first-order chi connectivity index (χ1) is 35.0. The Morgan fingerprint density at radius 2 is 0.563 bits per heavy atom. The maximum Gasteiger partial charge on any atom is 0.306 e. The van der Waals surface area contributed by atoms with E-state index in [1.807, 2.05) is 0 Å². The standard InChI is InChI=1S/C65H102O6/c1-4-7-10-13-16-19-22-25-27-29-30-31-32-33-34-36-37-40-43-46-49-52-55-58-64(67)70-61-62(60-69-63(66)57-54-51-48-45-42-39-24-21-18-15-12-9-6-3)71-65(68)59-56-53-50-47-44-41-38-35-28-26-23-20-17-14-11-8-5-2/h7,9-10,12,16-21,25-28,30-31,33-34,37,39-40,42,46,49,62H,4-6,8,11,13-15,22-24,29,32,35-36,38,41,43-45,47-48,50-61H2,1-3H3/b10-7-,12-9-,19-16-,20-17-,21-18-,27-25-,28-26-,31-30-,34-33-,40-37-,42-39-,49-46-. The zero-order chi connectivity index (χ0) is 51.4. The van der Waals surface area contributed by atoms with E-state index in [9.17, 15) is 14.4 Å². The smallest absolute Gasteiger partial charge is 0.306 e. The highest BCUT2D eigenvalue weighted by Gasteiger charge is 2.19. The van der Waals surface area contributed by atoms with Gasteiger partial charge in [-0.05, 0) is 135 Å². The molecular formula is C65H102O6. The van der Waals surface area contributed by atoms with E-state index in [-0.39, 0.29) is 37.5 Å². The minimum Gasteiger partial charge on any atom is -0.462 e. The number of hydrogen-bond acceptors (Lipinski definition) is 6. The van der Waals surface area contributed by atoms with Crippen molar-refractivity contribution in [1.82, 2.24) is 0 Å². The first-order valence-corrected chi connectivity index (χ1v) is 28.3. The number of carbonyl (C=O) groups is 3. The fourth-order valence-corrected chi connectivity index (χ4v) is 7.12. The molecule has 0 heterocycles. The van der Waals surface area contributed by atoms with Gasteiger partial charge in [-0.1, -0.05) is 218 Å². The molecule has 0 aromatic rings. The zero-order valence-electron chi connectivity index (χ0n) is 45.4. The van der Waals surface area contributed by atoms with Crippen LogP contribution in [-0.4, -0.2) is 37.2 Å². The minimum atomic E-state index is -0.825. The summed E-state index contributed by atoms with van der Waals surface area (Å²) in [6.45, 7) is 6.29. The molecule has 6 nitrogen and oxygen atoms in total. The maximum atomic E-state index is 12.8. The number of esters is 3. The van der Waals surface area contributed by atoms with E-state index in [0.29, 0.717) is 19.3 Å². The zero-order valence-corrected chi connectivity index (χ0v) is 45.4. The topological polar surface area (TPSA) is 78.9 Å². The van der Waals surface area contributed by atoms with Crippen molar-refractivity contribution >= 4 is 17.9 Å². The van der Waals surface area contributed by atoms with Crippen molar-refractivity contribution in [3.8, 4) is 0 Å². The van der Waals surface area contributed by atoms with E-state index in [1.54, 1.807) is 0 Å². The van der Waals surface area contributed by atoms with Gasteiger partial charge in [-0.3, -0.25) is 14.4 Å². The molecule has 398 valence electrons. The molecule has 6 heteroatoms. The van der Waals surface area contributed by atoms with Gasteiger partial charge in [0, 0.05) is 19.3 Å². The molecular weight excluding hydrogens is 877 g/mol. The number of ether oxygens (including phenoxy) is 3. The monoisotopic (exact) mass is 979 g/mol. The highest BCUT2D eigenvalue weighted by molar-refractivity contribution is 5.71. The Morgan fingerprint density at radius 3 is 0.930 bits per heavy atom. The average molecular weight is 980 g/mol. The number of unbranched alkanes of at least 4 members (excludes halogenated alkanes) is 14. The molecule has 0 aromatic heterocycles. The summed E-state index contributed by atoms with van der Waals surface area (Å²) in [6.07, 6.45) is 82.7. The number of carbonyl (C=O) groups excluding carboxylic acids is 3. The average Bonchev–Trinajstić information content (AvgIpc) is 3.37. The molecule has 0 radical (unpaired) electrons. The molecule has 0 saturated heterocycles. The van der Waals surface area contributed by atoms with Crippen LogP contribution in [0.25, 0.3) is 0 Å². The van der Waals surface area contributed by atoms with E-state index in [4.69, 9.17) is 14.2 Å². The summed E-state index contributed by atoms with van der Waals surface area (Å²) in [7, 11) is 0. The molecule has 0 bridgehead atoms. The van der Waals surface area contributed by atoms with Crippen LogP contribution in [0.15, 0.2) is 146 Å². The molecule has 0 N–H and O–H groups in total. The van der Waals surface area contributed by atoms with Gasteiger partial charge in [-0.2, -0.15) is 0 Å². The van der Waals surface area contributed by atoms with Gasteiger partial charge in [0.15, 0.2) is 6.10 Å². The van der Waals surface area contributed by atoms with Crippen molar-refractivity contribution in [3.63, 3.8) is 0 Å². The fourth-order valence-electron chi connectivity index (χ4n) is 7.12. The lowest BCUT2D eigenvalue weighted by atomic mass is 10.1. The Labute approximate surface area is 436 Å². The van der Waals surface area contributed by atoms with E-state index in [2.05, 4.69) is 167 Å². The predicted molar refractivity (Wildman–Crippen MR) is 306 cm³/mol. The van der Waals surface area contributed by atoms with Crippen LogP contribution in [0.2, 0.25) is 0 Å². The summed E-state index contributed by atoms with van der Waals surface area (Å²) in [5.74, 6) is -1.02. The summed E-state index contributed by atoms with van der Waals surface area (Å²) in [5.41, 5.74) is 0. The Morgan fingerprint density at radius 1 is 0.296 bits per heavy atom. The van der Waals surface area contributed by atoms with Crippen LogP contribution in [0, 0.1) is 0 Å². The third-order valence-corrected chi connectivity index (χ3v) is 11.3. The molecule has 1 atom stereocenters. The third kappa shape index (κ3) is 56.1. The van der Waals surface area contributed by atoms with Crippen LogP contribution in [0.3, 0.4) is 0 Å². The number of rotatable bonds is 49. The summed E-state index contributed by atoms with van der Waals surface area (Å²) in [4.78, 5) is 38.1. The van der Waals surface area contributed by atoms with Crippen LogP contribution in [0.1, 0.15) is 226 Å². The first-order valence-electron chi connectivity index (χ1n) is 28.3. The lowest BCUT2D eigenvalue weighted by molar-refractivity contribution is -0.167. The van der Waals surface area contributed by atoms with Gasteiger partial charge in [-0.25, -0.2) is 0 Å². The molecule has 0 saturated carbocycles. The van der Waals surface area contributed by atoms with E-state index in [0.717, 1.165) is 128 Å². The first kappa shape index (κ1) is 66.3. The van der Waals surface area contributed by atoms with Crippen molar-refractivity contribution in [2.75, 3.05) is 13.2 Å². The fraction of sp³-hybridized carbons (Fsp3) is 0.585. The molecule has 1 unspecified atom stereocenters. The highest BCUT2D eigenvalue weighted by atomic mass is 16.6. The predicted octanol–water partition coefficient (Wildman–Crippen LogP) is 19.2. The SMILES string of the molecule is CC/C=C\C/C=C\C/C=C\C/C=C\C/C=C\C/C=C\C/C=C\CCCC(=O)OCC(COC(=O)CCCCC/C=C\C/C=C\C/C=C\CC)OC(=O)CCCCCCCCC/C=C\C/C=C\CCCCC. The van der Waals surface area contributed by atoms with Gasteiger partial charge in [0.1, 0.15) is 13.2 Å². The van der Waals surface area contributed by atoms with E-state index >= 15 is 0 Å². The summed E-state index contributed by atoms with van der Waals surface area (Å²) in [6, 6.07) is 0. The van der Waals surface area contributed by atoms with Crippen LogP contribution in [-0.2, 0) is 28.6 Å². The highest BCUT2D eigenvalue weighted by Crippen LogP contribution is 2.13. The molecule has 0 amide bonds. The van der Waals surface area contributed by atoms with Gasteiger partial charge < -0.3 is 14.2 Å².